The molecule has 0 spiro atoms. The van der Waals surface area contributed by atoms with Gasteiger partial charge in [-0.1, -0.05) is 47.8 Å². The largest absolute Gasteiger partial charge is 0.306 e. The lowest BCUT2D eigenvalue weighted by molar-refractivity contribution is 0.559. The summed E-state index contributed by atoms with van der Waals surface area (Å²) in [6, 6.07) is 9.38. The van der Waals surface area contributed by atoms with Crippen LogP contribution in [0.3, 0.4) is 0 Å². The molecule has 1 nitrogen and oxygen atoms in total. The van der Waals surface area contributed by atoms with Crippen molar-refractivity contribution in [1.82, 2.24) is 5.32 Å². The fourth-order valence-electron chi connectivity index (χ4n) is 2.06. The van der Waals surface area contributed by atoms with Gasteiger partial charge in [0, 0.05) is 20.6 Å². The Labute approximate surface area is 132 Å². The highest BCUT2D eigenvalue weighted by Crippen LogP contribution is 2.32. The minimum Gasteiger partial charge on any atom is -0.306 e. The first-order valence-corrected chi connectivity index (χ1v) is 7.29. The van der Waals surface area contributed by atoms with E-state index >= 15 is 0 Å². The third-order valence-corrected chi connectivity index (χ3v) is 3.77. The molecule has 2 rings (SSSR count). The minimum atomic E-state index is -0.375. The van der Waals surface area contributed by atoms with Gasteiger partial charge in [-0.2, -0.15) is 0 Å². The first kappa shape index (κ1) is 15.6. The molecule has 2 aromatic rings. The van der Waals surface area contributed by atoms with Crippen molar-refractivity contribution in [2.24, 2.45) is 0 Å². The van der Waals surface area contributed by atoms with Gasteiger partial charge in [0.1, 0.15) is 5.82 Å². The monoisotopic (exact) mass is 331 g/mol. The Bertz CT molecular complexity index is 616. The van der Waals surface area contributed by atoms with Crippen molar-refractivity contribution in [3.8, 4) is 0 Å². The quantitative estimate of drug-likeness (QED) is 0.781. The Morgan fingerprint density at radius 3 is 2.30 bits per heavy atom. The molecule has 0 aromatic heterocycles. The summed E-state index contributed by atoms with van der Waals surface area (Å²) in [5.41, 5.74) is 1.22. The summed E-state index contributed by atoms with van der Waals surface area (Å²) >= 11 is 18.0. The van der Waals surface area contributed by atoms with Gasteiger partial charge in [-0.15, -0.1) is 0 Å². The average molecular weight is 333 g/mol. The topological polar surface area (TPSA) is 12.0 Å². The van der Waals surface area contributed by atoms with Crippen molar-refractivity contribution in [3.05, 3.63) is 68.4 Å². The maximum atomic E-state index is 14.1. The third-order valence-electron chi connectivity index (χ3n) is 2.95. The van der Waals surface area contributed by atoms with Crippen molar-refractivity contribution in [3.63, 3.8) is 0 Å². The lowest BCUT2D eigenvalue weighted by Gasteiger charge is -2.21. The van der Waals surface area contributed by atoms with E-state index in [1.165, 1.54) is 6.07 Å². The Hall–Kier alpha value is -0.800. The van der Waals surface area contributed by atoms with E-state index < -0.39 is 0 Å². The molecular weight excluding hydrogens is 320 g/mol. The van der Waals surface area contributed by atoms with Crippen LogP contribution in [-0.2, 0) is 0 Å². The number of halogens is 4. The van der Waals surface area contributed by atoms with Gasteiger partial charge in [0.15, 0.2) is 0 Å². The molecule has 20 heavy (non-hydrogen) atoms. The predicted molar refractivity (Wildman–Crippen MR) is 83.4 cm³/mol. The van der Waals surface area contributed by atoms with Crippen molar-refractivity contribution in [2.75, 3.05) is 6.54 Å². The van der Waals surface area contributed by atoms with Crippen LogP contribution in [0.25, 0.3) is 0 Å². The molecule has 0 aliphatic rings. The molecular formula is C15H13Cl3FN. The molecule has 0 saturated heterocycles. The molecule has 2 aromatic carbocycles. The fourth-order valence-corrected chi connectivity index (χ4v) is 2.63. The number of hydrogen-bond donors (Lipinski definition) is 1. The number of rotatable bonds is 4. The minimum absolute atomic E-state index is 0.360. The maximum absolute atomic E-state index is 14.1. The van der Waals surface area contributed by atoms with Crippen molar-refractivity contribution in [2.45, 2.75) is 13.0 Å². The van der Waals surface area contributed by atoms with Gasteiger partial charge in [0.25, 0.3) is 0 Å². The summed E-state index contributed by atoms with van der Waals surface area (Å²) in [5, 5.41) is 4.67. The van der Waals surface area contributed by atoms with Gasteiger partial charge in [-0.05, 0) is 42.4 Å². The van der Waals surface area contributed by atoms with E-state index in [9.17, 15) is 4.39 Å². The van der Waals surface area contributed by atoms with Crippen LogP contribution in [0.15, 0.2) is 36.4 Å². The molecule has 0 fully saturated rings. The highest BCUT2D eigenvalue weighted by Gasteiger charge is 2.20. The zero-order valence-corrected chi connectivity index (χ0v) is 13.0. The van der Waals surface area contributed by atoms with Crippen molar-refractivity contribution >= 4 is 34.8 Å². The molecule has 0 saturated carbocycles. The van der Waals surface area contributed by atoms with Crippen LogP contribution in [0.4, 0.5) is 4.39 Å². The summed E-state index contributed by atoms with van der Waals surface area (Å²) < 4.78 is 14.1. The van der Waals surface area contributed by atoms with Crippen LogP contribution < -0.4 is 5.32 Å². The molecule has 1 atom stereocenters. The third kappa shape index (κ3) is 3.44. The van der Waals surface area contributed by atoms with E-state index in [0.717, 1.165) is 5.56 Å². The van der Waals surface area contributed by atoms with Crippen LogP contribution in [0.5, 0.6) is 0 Å². The van der Waals surface area contributed by atoms with E-state index in [1.54, 1.807) is 30.3 Å². The van der Waals surface area contributed by atoms with E-state index in [2.05, 4.69) is 5.32 Å². The average Bonchev–Trinajstić information content (AvgIpc) is 2.40. The van der Waals surface area contributed by atoms with Gasteiger partial charge in [0.2, 0.25) is 0 Å². The standard InChI is InChI=1S/C15H13Cl3FN/c1-2-20-15(11-5-3-10(17)8-14(11)19)12-7-9(16)4-6-13(12)18/h3-8,15,20H,2H2,1H3. The first-order chi connectivity index (χ1) is 9.52. The lowest BCUT2D eigenvalue weighted by Crippen LogP contribution is -2.23. The number of nitrogens with one attached hydrogen (secondary N) is 1. The summed E-state index contributed by atoms with van der Waals surface area (Å²) in [6.07, 6.45) is 0. The van der Waals surface area contributed by atoms with Crippen LogP contribution >= 0.6 is 34.8 Å². The SMILES string of the molecule is CCNC(c1ccc(Cl)cc1F)c1cc(Cl)ccc1Cl. The first-order valence-electron chi connectivity index (χ1n) is 6.16. The normalized spacial score (nSPS) is 12.4. The highest BCUT2D eigenvalue weighted by molar-refractivity contribution is 6.33. The molecule has 106 valence electrons. The van der Waals surface area contributed by atoms with Crippen molar-refractivity contribution < 1.29 is 4.39 Å². The van der Waals surface area contributed by atoms with Gasteiger partial charge in [0.05, 0.1) is 6.04 Å². The smallest absolute Gasteiger partial charge is 0.129 e. The van der Waals surface area contributed by atoms with Crippen LogP contribution in [0.2, 0.25) is 15.1 Å². The van der Waals surface area contributed by atoms with E-state index in [0.29, 0.717) is 27.2 Å². The van der Waals surface area contributed by atoms with Gasteiger partial charge >= 0.3 is 0 Å². The molecule has 1 N–H and O–H groups in total. The second kappa shape index (κ2) is 6.77. The molecule has 0 radical (unpaired) electrons. The molecule has 1 unspecified atom stereocenters. The molecule has 0 heterocycles. The molecule has 0 aliphatic heterocycles. The van der Waals surface area contributed by atoms with Gasteiger partial charge in [-0.25, -0.2) is 4.39 Å². The van der Waals surface area contributed by atoms with Crippen LogP contribution in [0, 0.1) is 5.82 Å². The van der Waals surface area contributed by atoms with E-state index in [4.69, 9.17) is 34.8 Å². The maximum Gasteiger partial charge on any atom is 0.129 e. The van der Waals surface area contributed by atoms with Gasteiger partial charge < -0.3 is 5.32 Å². The van der Waals surface area contributed by atoms with Crippen molar-refractivity contribution in [1.29, 1.82) is 0 Å². The number of hydrogen-bond acceptors (Lipinski definition) is 1. The lowest BCUT2D eigenvalue weighted by atomic mass is 9.98. The Morgan fingerprint density at radius 2 is 1.65 bits per heavy atom. The zero-order valence-electron chi connectivity index (χ0n) is 10.8. The zero-order chi connectivity index (χ0) is 14.7. The van der Waals surface area contributed by atoms with Gasteiger partial charge in [-0.3, -0.25) is 0 Å². The Kier molecular flexibility index (Phi) is 5.28. The molecule has 0 aliphatic carbocycles. The summed E-state index contributed by atoms with van der Waals surface area (Å²) in [4.78, 5) is 0. The highest BCUT2D eigenvalue weighted by atomic mass is 35.5. The molecule has 0 bridgehead atoms. The van der Waals surface area contributed by atoms with Crippen LogP contribution in [-0.4, -0.2) is 6.54 Å². The summed E-state index contributed by atoms with van der Waals surface area (Å²) in [5.74, 6) is -0.375. The fraction of sp³-hybridized carbons (Fsp3) is 0.200. The predicted octanol–water partition coefficient (Wildman–Crippen LogP) is 5.48. The molecule has 0 amide bonds. The second-order valence-electron chi connectivity index (χ2n) is 4.32. The summed E-state index contributed by atoms with van der Waals surface area (Å²) in [7, 11) is 0. The van der Waals surface area contributed by atoms with E-state index in [1.807, 2.05) is 6.92 Å². The Morgan fingerprint density at radius 1 is 1.00 bits per heavy atom. The Balaban J connectivity index is 2.53. The second-order valence-corrected chi connectivity index (χ2v) is 5.60. The molecule has 5 heteroatoms. The summed E-state index contributed by atoms with van der Waals surface area (Å²) in [6.45, 7) is 2.61. The van der Waals surface area contributed by atoms with Crippen LogP contribution in [0.1, 0.15) is 24.1 Å². The van der Waals surface area contributed by atoms with E-state index in [-0.39, 0.29) is 11.9 Å². The number of benzene rings is 2.